The highest BCUT2D eigenvalue weighted by Crippen LogP contribution is 2.15. The highest BCUT2D eigenvalue weighted by molar-refractivity contribution is 5.79. The molecule has 1 aromatic rings. The van der Waals surface area contributed by atoms with E-state index in [0.717, 1.165) is 25.3 Å². The molecule has 23 heavy (non-hydrogen) atoms. The zero-order valence-electron chi connectivity index (χ0n) is 15.9. The standard InChI is InChI=1S/C18H35N5/c1-7-10-11-12-14(4)21-18(19-5)20-13-15-16(8-2)22-23(6)17(15)9-3/h14H,7-13H2,1-6H3,(H2,19,20,21). The van der Waals surface area contributed by atoms with Gasteiger partial charge in [-0.25, -0.2) is 0 Å². The van der Waals surface area contributed by atoms with Gasteiger partial charge in [0.15, 0.2) is 5.96 Å². The maximum atomic E-state index is 4.63. The molecule has 0 amide bonds. The Hall–Kier alpha value is -1.52. The Morgan fingerprint density at radius 1 is 1.22 bits per heavy atom. The molecular formula is C18H35N5. The predicted molar refractivity (Wildman–Crippen MR) is 98.9 cm³/mol. The third-order valence-corrected chi connectivity index (χ3v) is 4.31. The van der Waals surface area contributed by atoms with Gasteiger partial charge in [0.05, 0.1) is 5.69 Å². The summed E-state index contributed by atoms with van der Waals surface area (Å²) >= 11 is 0. The number of aromatic nitrogens is 2. The highest BCUT2D eigenvalue weighted by Gasteiger charge is 2.14. The van der Waals surface area contributed by atoms with Crippen molar-refractivity contribution < 1.29 is 0 Å². The van der Waals surface area contributed by atoms with E-state index in [2.05, 4.69) is 48.4 Å². The van der Waals surface area contributed by atoms with Crippen LogP contribution < -0.4 is 10.6 Å². The topological polar surface area (TPSA) is 54.2 Å². The number of nitrogens with one attached hydrogen (secondary N) is 2. The molecule has 2 N–H and O–H groups in total. The Morgan fingerprint density at radius 2 is 1.96 bits per heavy atom. The summed E-state index contributed by atoms with van der Waals surface area (Å²) in [5.41, 5.74) is 3.81. The first-order valence-corrected chi connectivity index (χ1v) is 9.08. The highest BCUT2D eigenvalue weighted by atomic mass is 15.3. The van der Waals surface area contributed by atoms with Gasteiger partial charge in [-0.2, -0.15) is 5.10 Å². The molecule has 1 rings (SSSR count). The molecule has 0 bridgehead atoms. The summed E-state index contributed by atoms with van der Waals surface area (Å²) in [4.78, 5) is 4.36. The number of hydrogen-bond acceptors (Lipinski definition) is 2. The van der Waals surface area contributed by atoms with E-state index in [4.69, 9.17) is 0 Å². The van der Waals surface area contributed by atoms with Crippen LogP contribution in [0.4, 0.5) is 0 Å². The molecule has 1 atom stereocenters. The number of nitrogens with zero attached hydrogens (tertiary/aromatic N) is 3. The zero-order valence-corrected chi connectivity index (χ0v) is 15.9. The van der Waals surface area contributed by atoms with E-state index in [0.29, 0.717) is 6.04 Å². The zero-order chi connectivity index (χ0) is 17.2. The van der Waals surface area contributed by atoms with E-state index in [1.807, 2.05) is 18.8 Å². The Bertz CT molecular complexity index is 490. The lowest BCUT2D eigenvalue weighted by atomic mass is 10.1. The van der Waals surface area contributed by atoms with Gasteiger partial charge in [-0.3, -0.25) is 9.67 Å². The van der Waals surface area contributed by atoms with Crippen molar-refractivity contribution in [3.63, 3.8) is 0 Å². The van der Waals surface area contributed by atoms with Crippen LogP contribution in [0.2, 0.25) is 0 Å². The fourth-order valence-corrected chi connectivity index (χ4v) is 2.97. The van der Waals surface area contributed by atoms with Crippen LogP contribution in [0.25, 0.3) is 0 Å². The van der Waals surface area contributed by atoms with Gasteiger partial charge in [0.2, 0.25) is 0 Å². The number of rotatable bonds is 9. The van der Waals surface area contributed by atoms with Gasteiger partial charge in [0.1, 0.15) is 0 Å². The third-order valence-electron chi connectivity index (χ3n) is 4.31. The van der Waals surface area contributed by atoms with Crippen LogP contribution in [-0.2, 0) is 26.4 Å². The normalized spacial score (nSPS) is 13.2. The minimum atomic E-state index is 0.443. The molecule has 0 aliphatic carbocycles. The first-order chi connectivity index (χ1) is 11.1. The molecular weight excluding hydrogens is 286 g/mol. The molecule has 0 aliphatic heterocycles. The molecule has 0 spiro atoms. The SMILES string of the molecule is CCCCCC(C)NC(=NC)NCc1c(CC)nn(C)c1CC. The number of guanidine groups is 1. The minimum absolute atomic E-state index is 0.443. The van der Waals surface area contributed by atoms with E-state index in [-0.39, 0.29) is 0 Å². The fraction of sp³-hybridized carbons (Fsp3) is 0.778. The molecule has 1 aromatic heterocycles. The molecule has 1 heterocycles. The summed E-state index contributed by atoms with van der Waals surface area (Å²) in [6, 6.07) is 0.443. The van der Waals surface area contributed by atoms with Gasteiger partial charge in [0, 0.05) is 37.9 Å². The monoisotopic (exact) mass is 321 g/mol. The number of unbranched alkanes of at least 4 members (excludes halogenated alkanes) is 2. The number of hydrogen-bond donors (Lipinski definition) is 2. The van der Waals surface area contributed by atoms with Crippen LogP contribution in [-0.4, -0.2) is 28.8 Å². The molecule has 0 saturated carbocycles. The Kier molecular flexibility index (Phi) is 8.74. The van der Waals surface area contributed by atoms with Gasteiger partial charge < -0.3 is 10.6 Å². The molecule has 0 aromatic carbocycles. The summed E-state index contributed by atoms with van der Waals surface area (Å²) in [7, 11) is 3.86. The Morgan fingerprint density at radius 3 is 2.52 bits per heavy atom. The van der Waals surface area contributed by atoms with Crippen molar-refractivity contribution in [2.45, 2.75) is 78.8 Å². The average Bonchev–Trinajstić information content (AvgIpc) is 2.86. The second-order valence-electron chi connectivity index (χ2n) is 6.17. The number of aryl methyl sites for hydroxylation is 2. The van der Waals surface area contributed by atoms with E-state index in [1.165, 1.54) is 42.6 Å². The molecule has 132 valence electrons. The summed E-state index contributed by atoms with van der Waals surface area (Å²) in [5.74, 6) is 0.877. The molecule has 5 nitrogen and oxygen atoms in total. The van der Waals surface area contributed by atoms with Gasteiger partial charge in [0.25, 0.3) is 0 Å². The predicted octanol–water partition coefficient (Wildman–Crippen LogP) is 3.18. The maximum absolute atomic E-state index is 4.63. The quantitative estimate of drug-likeness (QED) is 0.417. The lowest BCUT2D eigenvalue weighted by Crippen LogP contribution is -2.42. The molecule has 5 heteroatoms. The van der Waals surface area contributed by atoms with Crippen molar-refractivity contribution in [1.29, 1.82) is 0 Å². The van der Waals surface area contributed by atoms with Gasteiger partial charge in [-0.1, -0.05) is 40.0 Å². The van der Waals surface area contributed by atoms with E-state index >= 15 is 0 Å². The van der Waals surface area contributed by atoms with Crippen LogP contribution >= 0.6 is 0 Å². The van der Waals surface area contributed by atoms with E-state index < -0.39 is 0 Å². The van der Waals surface area contributed by atoms with Gasteiger partial charge >= 0.3 is 0 Å². The maximum Gasteiger partial charge on any atom is 0.191 e. The smallest absolute Gasteiger partial charge is 0.191 e. The molecule has 0 radical (unpaired) electrons. The Balaban J connectivity index is 2.61. The lowest BCUT2D eigenvalue weighted by molar-refractivity contribution is 0.546. The van der Waals surface area contributed by atoms with Crippen LogP contribution in [0.5, 0.6) is 0 Å². The van der Waals surface area contributed by atoms with Crippen LogP contribution in [0.15, 0.2) is 4.99 Å². The first kappa shape index (κ1) is 19.5. The summed E-state index contributed by atoms with van der Waals surface area (Å²) in [6.07, 6.45) is 6.98. The lowest BCUT2D eigenvalue weighted by Gasteiger charge is -2.18. The fourth-order valence-electron chi connectivity index (χ4n) is 2.97. The molecule has 1 unspecified atom stereocenters. The van der Waals surface area contributed by atoms with Crippen molar-refractivity contribution in [3.05, 3.63) is 17.0 Å². The Labute approximate surface area is 142 Å². The minimum Gasteiger partial charge on any atom is -0.354 e. The van der Waals surface area contributed by atoms with Crippen LogP contribution in [0.1, 0.15) is 70.3 Å². The van der Waals surface area contributed by atoms with Crippen molar-refractivity contribution in [3.8, 4) is 0 Å². The van der Waals surface area contributed by atoms with E-state index in [9.17, 15) is 0 Å². The summed E-state index contributed by atoms with van der Waals surface area (Å²) in [5, 5.41) is 11.6. The largest absolute Gasteiger partial charge is 0.354 e. The first-order valence-electron chi connectivity index (χ1n) is 9.08. The molecule has 0 saturated heterocycles. The summed E-state index contributed by atoms with van der Waals surface area (Å²) in [6.45, 7) is 9.59. The van der Waals surface area contributed by atoms with Crippen molar-refractivity contribution >= 4 is 5.96 Å². The van der Waals surface area contributed by atoms with Gasteiger partial charge in [-0.05, 0) is 26.2 Å². The molecule has 0 fully saturated rings. The second kappa shape index (κ2) is 10.3. The van der Waals surface area contributed by atoms with Crippen molar-refractivity contribution in [2.24, 2.45) is 12.0 Å². The van der Waals surface area contributed by atoms with Crippen LogP contribution in [0, 0.1) is 0 Å². The van der Waals surface area contributed by atoms with Gasteiger partial charge in [-0.15, -0.1) is 0 Å². The molecule has 0 aliphatic rings. The third kappa shape index (κ3) is 5.88. The van der Waals surface area contributed by atoms with Crippen molar-refractivity contribution in [2.75, 3.05) is 7.05 Å². The van der Waals surface area contributed by atoms with Crippen molar-refractivity contribution in [1.82, 2.24) is 20.4 Å². The van der Waals surface area contributed by atoms with Crippen LogP contribution in [0.3, 0.4) is 0 Å². The second-order valence-corrected chi connectivity index (χ2v) is 6.17. The van der Waals surface area contributed by atoms with E-state index in [1.54, 1.807) is 0 Å². The summed E-state index contributed by atoms with van der Waals surface area (Å²) < 4.78 is 2.01. The number of aliphatic imine (C=N–C) groups is 1. The average molecular weight is 322 g/mol.